The average Bonchev–Trinajstić information content (AvgIpc) is 3.26. The number of carboxylic acids is 1. The van der Waals surface area contributed by atoms with E-state index in [1.165, 1.54) is 0 Å². The van der Waals surface area contributed by atoms with Crippen LogP contribution in [0.15, 0.2) is 53.5 Å². The highest BCUT2D eigenvalue weighted by molar-refractivity contribution is 9.10. The lowest BCUT2D eigenvalue weighted by Gasteiger charge is -2.26. The van der Waals surface area contributed by atoms with E-state index in [1.54, 1.807) is 23.1 Å². The molecule has 1 fully saturated rings. The third-order valence-electron chi connectivity index (χ3n) is 6.16. The molecule has 0 spiro atoms. The maximum atomic E-state index is 11.3. The van der Waals surface area contributed by atoms with E-state index in [2.05, 4.69) is 31.0 Å². The highest BCUT2D eigenvalue weighted by Crippen LogP contribution is 2.40. The molecule has 8 nitrogen and oxygen atoms in total. The highest BCUT2D eigenvalue weighted by Gasteiger charge is 2.30. The lowest BCUT2D eigenvalue weighted by Crippen LogP contribution is -2.21. The number of anilines is 1. The maximum absolute atomic E-state index is 11.3. The Hall–Kier alpha value is -3.33. The van der Waals surface area contributed by atoms with Crippen LogP contribution in [0.5, 0.6) is 0 Å². The minimum atomic E-state index is -0.716. The van der Waals surface area contributed by atoms with Crippen LogP contribution in [-0.4, -0.2) is 35.6 Å². The summed E-state index contributed by atoms with van der Waals surface area (Å²) in [7, 11) is 0. The van der Waals surface area contributed by atoms with E-state index in [4.69, 9.17) is 10.7 Å². The number of hydrogen-bond donors (Lipinski definition) is 2. The summed E-state index contributed by atoms with van der Waals surface area (Å²) in [6.45, 7) is 0. The van der Waals surface area contributed by atoms with Crippen LogP contribution in [0, 0.1) is 5.92 Å². The Labute approximate surface area is 192 Å². The summed E-state index contributed by atoms with van der Waals surface area (Å²) in [5, 5.41) is 13.7. The zero-order chi connectivity index (χ0) is 22.2. The molecule has 9 heteroatoms. The quantitative estimate of drug-likeness (QED) is 0.428. The van der Waals surface area contributed by atoms with Gasteiger partial charge >= 0.3 is 5.97 Å². The topological polar surface area (TPSA) is 119 Å². The number of nitrogens with zero attached hydrogens (tertiary/aromatic N) is 5. The van der Waals surface area contributed by atoms with E-state index >= 15 is 0 Å². The molecular formula is C23H21BrN6O2. The predicted octanol–water partition coefficient (Wildman–Crippen LogP) is 4.56. The van der Waals surface area contributed by atoms with E-state index < -0.39 is 5.97 Å². The first kappa shape index (κ1) is 20.6. The van der Waals surface area contributed by atoms with Crippen LogP contribution < -0.4 is 5.73 Å². The Morgan fingerprint density at radius 3 is 2.47 bits per heavy atom. The van der Waals surface area contributed by atoms with E-state index in [0.717, 1.165) is 45.4 Å². The van der Waals surface area contributed by atoms with Gasteiger partial charge in [0.1, 0.15) is 5.82 Å². The lowest BCUT2D eigenvalue weighted by molar-refractivity contribution is -0.142. The van der Waals surface area contributed by atoms with Gasteiger partial charge in [0, 0.05) is 41.2 Å². The number of nitrogen functional groups attached to an aromatic ring is 1. The highest BCUT2D eigenvalue weighted by atomic mass is 79.9. The van der Waals surface area contributed by atoms with Crippen LogP contribution >= 0.6 is 15.9 Å². The van der Waals surface area contributed by atoms with Gasteiger partial charge in [-0.2, -0.15) is 9.61 Å². The number of aromatic nitrogens is 5. The van der Waals surface area contributed by atoms with E-state index in [1.807, 2.05) is 30.5 Å². The molecule has 4 aromatic rings. The van der Waals surface area contributed by atoms with Gasteiger partial charge in [0.15, 0.2) is 5.65 Å². The van der Waals surface area contributed by atoms with Gasteiger partial charge in [-0.25, -0.2) is 4.98 Å². The molecule has 3 N–H and O–H groups in total. The van der Waals surface area contributed by atoms with Crippen molar-refractivity contribution in [3.8, 4) is 22.4 Å². The van der Waals surface area contributed by atoms with E-state index in [-0.39, 0.29) is 11.8 Å². The van der Waals surface area contributed by atoms with Gasteiger partial charge in [-0.1, -0.05) is 6.07 Å². The maximum Gasteiger partial charge on any atom is 0.306 e. The number of halogens is 1. The largest absolute Gasteiger partial charge is 0.481 e. The average molecular weight is 493 g/mol. The molecule has 0 aromatic carbocycles. The molecular weight excluding hydrogens is 472 g/mol. The van der Waals surface area contributed by atoms with Gasteiger partial charge in [-0.05, 0) is 59.8 Å². The zero-order valence-corrected chi connectivity index (χ0v) is 18.7. The molecule has 0 bridgehead atoms. The molecule has 162 valence electrons. The molecule has 4 heterocycles. The van der Waals surface area contributed by atoms with Crippen LogP contribution in [0.2, 0.25) is 0 Å². The molecule has 5 rings (SSSR count). The fraction of sp³-hybridized carbons (Fsp3) is 0.261. The number of rotatable bonds is 4. The van der Waals surface area contributed by atoms with Gasteiger partial charge in [-0.3, -0.25) is 14.8 Å². The van der Waals surface area contributed by atoms with Crippen molar-refractivity contribution in [3.05, 3.63) is 59.2 Å². The Bertz CT molecular complexity index is 1280. The summed E-state index contributed by atoms with van der Waals surface area (Å²) in [6, 6.07) is 7.80. The number of pyridine rings is 2. The predicted molar refractivity (Wildman–Crippen MR) is 124 cm³/mol. The molecule has 0 atom stereocenters. The number of hydrogen-bond acceptors (Lipinski definition) is 6. The third-order valence-corrected chi connectivity index (χ3v) is 6.97. The zero-order valence-electron chi connectivity index (χ0n) is 17.1. The number of carboxylic acid groups (broad SMARTS) is 1. The van der Waals surface area contributed by atoms with Crippen molar-refractivity contribution in [1.82, 2.24) is 24.6 Å². The molecule has 32 heavy (non-hydrogen) atoms. The summed E-state index contributed by atoms with van der Waals surface area (Å²) < 4.78 is 2.35. The van der Waals surface area contributed by atoms with E-state index in [9.17, 15) is 9.90 Å². The second kappa shape index (κ2) is 8.31. The number of nitrogens with two attached hydrogens (primary N) is 1. The molecule has 0 unspecified atom stereocenters. The molecule has 0 radical (unpaired) electrons. The van der Waals surface area contributed by atoms with Gasteiger partial charge in [0.25, 0.3) is 0 Å². The molecule has 0 aliphatic heterocycles. The normalized spacial score (nSPS) is 18.7. The summed E-state index contributed by atoms with van der Waals surface area (Å²) in [5.41, 5.74) is 11.5. The second-order valence-electron chi connectivity index (χ2n) is 8.04. The Balaban J connectivity index is 1.51. The smallest absolute Gasteiger partial charge is 0.306 e. The first-order valence-electron chi connectivity index (χ1n) is 10.4. The van der Waals surface area contributed by atoms with Gasteiger partial charge < -0.3 is 10.8 Å². The van der Waals surface area contributed by atoms with Crippen molar-refractivity contribution in [2.45, 2.75) is 31.6 Å². The minimum absolute atomic E-state index is 0.155. The number of aliphatic carboxylic acids is 1. The summed E-state index contributed by atoms with van der Waals surface area (Å²) in [5.74, 6) is -0.354. The van der Waals surface area contributed by atoms with Crippen LogP contribution in [0.25, 0.3) is 28.0 Å². The van der Waals surface area contributed by atoms with Crippen molar-refractivity contribution >= 4 is 33.4 Å². The number of carbonyl (C=O) groups is 1. The van der Waals surface area contributed by atoms with Crippen LogP contribution in [-0.2, 0) is 4.79 Å². The molecule has 1 aliphatic rings. The fourth-order valence-corrected chi connectivity index (χ4v) is 4.93. The monoisotopic (exact) mass is 492 g/mol. The van der Waals surface area contributed by atoms with Gasteiger partial charge in [0.2, 0.25) is 0 Å². The SMILES string of the molecule is Nc1c(Br)c([C@H]2CC[C@H](C(=O)O)CC2)nc2c(-c3ccc(-c4ccncc4)nc3)cnn12. The molecule has 1 saturated carbocycles. The van der Waals surface area contributed by atoms with Crippen molar-refractivity contribution in [2.24, 2.45) is 5.92 Å². The summed E-state index contributed by atoms with van der Waals surface area (Å²) >= 11 is 3.60. The molecule has 0 saturated heterocycles. The van der Waals surface area contributed by atoms with E-state index in [0.29, 0.717) is 24.3 Å². The van der Waals surface area contributed by atoms with Crippen LogP contribution in [0.4, 0.5) is 5.82 Å². The Morgan fingerprint density at radius 2 is 1.81 bits per heavy atom. The van der Waals surface area contributed by atoms with Crippen molar-refractivity contribution in [3.63, 3.8) is 0 Å². The van der Waals surface area contributed by atoms with Crippen molar-refractivity contribution < 1.29 is 9.90 Å². The second-order valence-corrected chi connectivity index (χ2v) is 8.84. The van der Waals surface area contributed by atoms with Crippen molar-refractivity contribution in [1.29, 1.82) is 0 Å². The Morgan fingerprint density at radius 1 is 1.06 bits per heavy atom. The van der Waals surface area contributed by atoms with Gasteiger partial charge in [0.05, 0.1) is 28.0 Å². The van der Waals surface area contributed by atoms with Gasteiger partial charge in [-0.15, -0.1) is 0 Å². The molecule has 4 aromatic heterocycles. The molecule has 1 aliphatic carbocycles. The third kappa shape index (κ3) is 3.62. The summed E-state index contributed by atoms with van der Waals surface area (Å²) in [6.07, 6.45) is 9.87. The standard InChI is InChI=1S/C23H21BrN6O2/c24-19-20(14-1-3-15(4-2-14)23(31)32)29-22-17(12-28-30(22)21(19)25)16-5-6-18(27-11-16)13-7-9-26-10-8-13/h5-12,14-15H,1-4,25H2,(H,31,32)/t14-,15-. The van der Waals surface area contributed by atoms with Crippen LogP contribution in [0.3, 0.4) is 0 Å². The first-order valence-corrected chi connectivity index (χ1v) is 11.2. The summed E-state index contributed by atoms with van der Waals surface area (Å²) in [4.78, 5) is 24.9. The Kier molecular flexibility index (Phi) is 5.34. The minimum Gasteiger partial charge on any atom is -0.481 e. The number of fused-ring (bicyclic) bond motifs is 1. The van der Waals surface area contributed by atoms with Crippen LogP contribution in [0.1, 0.15) is 37.3 Å². The first-order chi connectivity index (χ1) is 15.5. The molecule has 0 amide bonds. The fourth-order valence-electron chi connectivity index (χ4n) is 4.35. The lowest BCUT2D eigenvalue weighted by atomic mass is 9.80. The van der Waals surface area contributed by atoms with Crippen molar-refractivity contribution in [2.75, 3.05) is 5.73 Å².